The van der Waals surface area contributed by atoms with E-state index in [-0.39, 0.29) is 42.5 Å². The fourth-order valence-electron chi connectivity index (χ4n) is 3.31. The van der Waals surface area contributed by atoms with E-state index >= 15 is 0 Å². The van der Waals surface area contributed by atoms with Gasteiger partial charge in [0.05, 0.1) is 11.8 Å². The molecule has 1 N–H and O–H groups in total. The lowest BCUT2D eigenvalue weighted by molar-refractivity contribution is -0.140. The van der Waals surface area contributed by atoms with Crippen LogP contribution in [0, 0.1) is 11.8 Å². The molecule has 1 aromatic heterocycles. The largest absolute Gasteiger partial charge is 0.311 e. The highest BCUT2D eigenvalue weighted by atomic mass is 16.2. The Bertz CT molecular complexity index is 564. The first kappa shape index (κ1) is 14.7. The lowest BCUT2D eigenvalue weighted by Crippen LogP contribution is -2.34. The molecule has 22 heavy (non-hydrogen) atoms. The first-order chi connectivity index (χ1) is 10.7. The van der Waals surface area contributed by atoms with Crippen molar-refractivity contribution in [2.24, 2.45) is 11.8 Å². The van der Waals surface area contributed by atoms with E-state index in [2.05, 4.69) is 10.3 Å². The maximum Gasteiger partial charge on any atom is 0.233 e. The second kappa shape index (κ2) is 6.25. The highest BCUT2D eigenvalue weighted by molar-refractivity contribution is 6.05. The van der Waals surface area contributed by atoms with Crippen molar-refractivity contribution in [1.29, 1.82) is 0 Å². The Labute approximate surface area is 128 Å². The summed E-state index contributed by atoms with van der Waals surface area (Å²) in [5, 5.41) is 2.66. The minimum Gasteiger partial charge on any atom is -0.311 e. The second-order valence-corrected chi connectivity index (χ2v) is 5.84. The highest BCUT2D eigenvalue weighted by Crippen LogP contribution is 2.37. The van der Waals surface area contributed by atoms with Crippen molar-refractivity contribution in [2.45, 2.75) is 32.1 Å². The SMILES string of the molecule is O=C(CCN1C(=O)C2CCCCC2C1=O)Nc1ccccn1. The van der Waals surface area contributed by atoms with Crippen LogP contribution in [0.15, 0.2) is 24.4 Å². The number of imide groups is 1. The minimum absolute atomic E-state index is 0.0969. The zero-order valence-electron chi connectivity index (χ0n) is 12.3. The highest BCUT2D eigenvalue weighted by Gasteiger charge is 2.47. The van der Waals surface area contributed by atoms with Gasteiger partial charge in [-0.1, -0.05) is 18.9 Å². The Morgan fingerprint density at radius 3 is 2.45 bits per heavy atom. The molecule has 1 saturated heterocycles. The summed E-state index contributed by atoms with van der Waals surface area (Å²) in [6.45, 7) is 0.156. The molecule has 3 rings (SSSR count). The summed E-state index contributed by atoms with van der Waals surface area (Å²) in [7, 11) is 0. The zero-order chi connectivity index (χ0) is 15.5. The zero-order valence-corrected chi connectivity index (χ0v) is 12.3. The number of aromatic nitrogens is 1. The normalized spacial score (nSPS) is 24.3. The number of fused-ring (bicyclic) bond motifs is 1. The fourth-order valence-corrected chi connectivity index (χ4v) is 3.31. The third kappa shape index (κ3) is 2.86. The molecular formula is C16H19N3O3. The van der Waals surface area contributed by atoms with Crippen LogP contribution in [0.1, 0.15) is 32.1 Å². The average Bonchev–Trinajstić information content (AvgIpc) is 2.78. The minimum atomic E-state index is -0.242. The summed E-state index contributed by atoms with van der Waals surface area (Å²) in [4.78, 5) is 41.7. The predicted molar refractivity (Wildman–Crippen MR) is 79.7 cm³/mol. The Kier molecular flexibility index (Phi) is 4.18. The topological polar surface area (TPSA) is 79.4 Å². The van der Waals surface area contributed by atoms with E-state index in [1.54, 1.807) is 24.4 Å². The summed E-state index contributed by atoms with van der Waals surface area (Å²) in [5.41, 5.74) is 0. The molecule has 3 amide bonds. The van der Waals surface area contributed by atoms with Crippen LogP contribution in [0.3, 0.4) is 0 Å². The monoisotopic (exact) mass is 301 g/mol. The van der Waals surface area contributed by atoms with E-state index in [1.165, 1.54) is 4.90 Å². The van der Waals surface area contributed by atoms with Crippen molar-refractivity contribution in [3.05, 3.63) is 24.4 Å². The standard InChI is InChI=1S/C16H19N3O3/c20-14(18-13-7-3-4-9-17-13)8-10-19-15(21)11-5-1-2-6-12(11)16(19)22/h3-4,7,9,11-12H,1-2,5-6,8,10H2,(H,17,18,20). The van der Waals surface area contributed by atoms with Crippen LogP contribution in [-0.2, 0) is 14.4 Å². The summed E-state index contributed by atoms with van der Waals surface area (Å²) in [6.07, 6.45) is 5.31. The number of hydrogen-bond acceptors (Lipinski definition) is 4. The van der Waals surface area contributed by atoms with Gasteiger partial charge in [0.15, 0.2) is 0 Å². The van der Waals surface area contributed by atoms with E-state index in [0.717, 1.165) is 25.7 Å². The summed E-state index contributed by atoms with van der Waals surface area (Å²) in [6, 6.07) is 5.23. The van der Waals surface area contributed by atoms with Gasteiger partial charge in [-0.2, -0.15) is 0 Å². The Balaban J connectivity index is 1.56. The molecule has 2 aliphatic rings. The predicted octanol–water partition coefficient (Wildman–Crippen LogP) is 1.59. The molecule has 1 aliphatic heterocycles. The van der Waals surface area contributed by atoms with Gasteiger partial charge >= 0.3 is 0 Å². The van der Waals surface area contributed by atoms with Gasteiger partial charge in [-0.15, -0.1) is 0 Å². The summed E-state index contributed by atoms with van der Waals surface area (Å²) < 4.78 is 0. The smallest absolute Gasteiger partial charge is 0.233 e. The van der Waals surface area contributed by atoms with Gasteiger partial charge in [0.25, 0.3) is 0 Å². The molecule has 2 atom stereocenters. The number of nitrogens with zero attached hydrogens (tertiary/aromatic N) is 2. The molecule has 0 radical (unpaired) electrons. The van der Waals surface area contributed by atoms with Gasteiger partial charge in [-0.3, -0.25) is 19.3 Å². The van der Waals surface area contributed by atoms with Crippen molar-refractivity contribution in [2.75, 3.05) is 11.9 Å². The first-order valence-electron chi connectivity index (χ1n) is 7.73. The van der Waals surface area contributed by atoms with E-state index < -0.39 is 0 Å². The lowest BCUT2D eigenvalue weighted by atomic mass is 9.81. The van der Waals surface area contributed by atoms with Crippen molar-refractivity contribution in [3.63, 3.8) is 0 Å². The number of likely N-dealkylation sites (tertiary alicyclic amines) is 1. The van der Waals surface area contributed by atoms with Crippen molar-refractivity contribution in [1.82, 2.24) is 9.88 Å². The number of carbonyl (C=O) groups excluding carboxylic acids is 3. The molecule has 2 fully saturated rings. The van der Waals surface area contributed by atoms with Gasteiger partial charge in [0.2, 0.25) is 17.7 Å². The Hall–Kier alpha value is -2.24. The van der Waals surface area contributed by atoms with Crippen molar-refractivity contribution < 1.29 is 14.4 Å². The molecule has 2 heterocycles. The number of amides is 3. The van der Waals surface area contributed by atoms with Crippen LogP contribution in [0.2, 0.25) is 0 Å². The molecule has 1 aromatic rings. The van der Waals surface area contributed by atoms with Gasteiger partial charge in [-0.25, -0.2) is 4.98 Å². The number of nitrogens with one attached hydrogen (secondary N) is 1. The molecule has 1 saturated carbocycles. The van der Waals surface area contributed by atoms with Crippen LogP contribution < -0.4 is 5.32 Å². The van der Waals surface area contributed by atoms with Crippen molar-refractivity contribution >= 4 is 23.5 Å². The van der Waals surface area contributed by atoms with E-state index in [9.17, 15) is 14.4 Å². The first-order valence-corrected chi connectivity index (χ1v) is 7.73. The average molecular weight is 301 g/mol. The Morgan fingerprint density at radius 2 is 1.86 bits per heavy atom. The molecule has 2 unspecified atom stereocenters. The van der Waals surface area contributed by atoms with Gasteiger partial charge in [0.1, 0.15) is 5.82 Å². The van der Waals surface area contributed by atoms with Crippen LogP contribution in [0.4, 0.5) is 5.82 Å². The number of rotatable bonds is 4. The molecule has 0 aromatic carbocycles. The van der Waals surface area contributed by atoms with Gasteiger partial charge in [0, 0.05) is 19.2 Å². The number of anilines is 1. The van der Waals surface area contributed by atoms with Gasteiger partial charge in [-0.05, 0) is 25.0 Å². The van der Waals surface area contributed by atoms with Crippen LogP contribution in [-0.4, -0.2) is 34.2 Å². The summed E-state index contributed by atoms with van der Waals surface area (Å²) >= 11 is 0. The molecule has 6 heteroatoms. The second-order valence-electron chi connectivity index (χ2n) is 5.84. The van der Waals surface area contributed by atoms with Crippen LogP contribution >= 0.6 is 0 Å². The quantitative estimate of drug-likeness (QED) is 0.856. The summed E-state index contributed by atoms with van der Waals surface area (Å²) in [5.74, 6) is -0.268. The molecule has 0 spiro atoms. The number of pyridine rings is 1. The van der Waals surface area contributed by atoms with Crippen LogP contribution in [0.5, 0.6) is 0 Å². The van der Waals surface area contributed by atoms with Crippen molar-refractivity contribution in [3.8, 4) is 0 Å². The molecule has 0 bridgehead atoms. The van der Waals surface area contributed by atoms with E-state index in [1.807, 2.05) is 0 Å². The van der Waals surface area contributed by atoms with E-state index in [0.29, 0.717) is 5.82 Å². The molecule has 6 nitrogen and oxygen atoms in total. The maximum absolute atomic E-state index is 12.3. The lowest BCUT2D eigenvalue weighted by Gasteiger charge is -2.19. The maximum atomic E-state index is 12.3. The molecule has 1 aliphatic carbocycles. The number of carbonyl (C=O) groups is 3. The molecule has 116 valence electrons. The number of hydrogen-bond donors (Lipinski definition) is 1. The third-order valence-corrected chi connectivity index (χ3v) is 4.43. The fraction of sp³-hybridized carbons (Fsp3) is 0.500. The van der Waals surface area contributed by atoms with Gasteiger partial charge < -0.3 is 5.32 Å². The van der Waals surface area contributed by atoms with E-state index in [4.69, 9.17) is 0 Å². The van der Waals surface area contributed by atoms with Crippen LogP contribution in [0.25, 0.3) is 0 Å². The molecular weight excluding hydrogens is 282 g/mol. The Morgan fingerprint density at radius 1 is 1.18 bits per heavy atom. The third-order valence-electron chi connectivity index (χ3n) is 4.43.